The van der Waals surface area contributed by atoms with Crippen LogP contribution in [0.3, 0.4) is 0 Å². The summed E-state index contributed by atoms with van der Waals surface area (Å²) in [7, 11) is 0. The highest BCUT2D eigenvalue weighted by atomic mass is 32.2. The number of hydrogen-bond acceptors (Lipinski definition) is 2. The standard InChI is InChI=1S/C14H19NO3S/c1-10-3-5-12(6-4-10)8-15-9-13(7-14(15)16)11(2)19(17)18/h3-6,11,13H,7-9H2,1-2H3,(H,17,18). The molecule has 5 heteroatoms. The van der Waals surface area contributed by atoms with Gasteiger partial charge in [-0.3, -0.25) is 4.79 Å². The minimum absolute atomic E-state index is 0.0243. The van der Waals surface area contributed by atoms with Crippen molar-refractivity contribution < 1.29 is 13.6 Å². The Hall–Kier alpha value is -1.20. The largest absolute Gasteiger partial charge is 0.338 e. The molecule has 0 spiro atoms. The third-order valence-corrected chi connectivity index (χ3v) is 4.74. The molecule has 4 nitrogen and oxygen atoms in total. The molecule has 19 heavy (non-hydrogen) atoms. The van der Waals surface area contributed by atoms with E-state index in [9.17, 15) is 9.00 Å². The molecule has 0 radical (unpaired) electrons. The number of nitrogens with zero attached hydrogens (tertiary/aromatic N) is 1. The SMILES string of the molecule is Cc1ccc(CN2CC(C(C)S(=O)O)CC2=O)cc1. The lowest BCUT2D eigenvalue weighted by Gasteiger charge is -2.18. The second-order valence-corrected chi connectivity index (χ2v) is 6.50. The van der Waals surface area contributed by atoms with Crippen LogP contribution in [0.15, 0.2) is 24.3 Å². The summed E-state index contributed by atoms with van der Waals surface area (Å²) < 4.78 is 20.2. The Labute approximate surface area is 116 Å². The second-order valence-electron chi connectivity index (χ2n) is 5.21. The number of rotatable bonds is 4. The van der Waals surface area contributed by atoms with E-state index in [0.29, 0.717) is 19.5 Å². The van der Waals surface area contributed by atoms with Gasteiger partial charge in [0, 0.05) is 25.4 Å². The molecule has 3 atom stereocenters. The smallest absolute Gasteiger partial charge is 0.223 e. The monoisotopic (exact) mass is 281 g/mol. The quantitative estimate of drug-likeness (QED) is 0.858. The highest BCUT2D eigenvalue weighted by molar-refractivity contribution is 7.79. The molecule has 1 amide bonds. The van der Waals surface area contributed by atoms with Gasteiger partial charge in [-0.25, -0.2) is 4.21 Å². The van der Waals surface area contributed by atoms with Gasteiger partial charge in [0.1, 0.15) is 0 Å². The van der Waals surface area contributed by atoms with E-state index in [1.54, 1.807) is 11.8 Å². The molecular weight excluding hydrogens is 262 g/mol. The Kier molecular flexibility index (Phi) is 4.37. The van der Waals surface area contributed by atoms with Crippen molar-refractivity contribution in [2.24, 2.45) is 5.92 Å². The summed E-state index contributed by atoms with van der Waals surface area (Å²) in [5.41, 5.74) is 2.29. The number of carbonyl (C=O) groups is 1. The molecule has 104 valence electrons. The molecule has 1 N–H and O–H groups in total. The number of aryl methyl sites for hydroxylation is 1. The Morgan fingerprint density at radius 3 is 2.63 bits per heavy atom. The fraction of sp³-hybridized carbons (Fsp3) is 0.500. The number of carbonyl (C=O) groups excluding carboxylic acids is 1. The summed E-state index contributed by atoms with van der Waals surface area (Å²) in [5, 5.41) is -0.355. The molecule has 1 fully saturated rings. The molecule has 2 rings (SSSR count). The molecule has 3 unspecified atom stereocenters. The van der Waals surface area contributed by atoms with Crippen LogP contribution in [0, 0.1) is 12.8 Å². The Balaban J connectivity index is 2.00. The molecule has 0 bridgehead atoms. The Morgan fingerprint density at radius 2 is 2.05 bits per heavy atom. The average Bonchev–Trinajstić information content (AvgIpc) is 2.72. The van der Waals surface area contributed by atoms with E-state index in [4.69, 9.17) is 4.55 Å². The lowest BCUT2D eigenvalue weighted by Crippen LogP contribution is -2.27. The highest BCUT2D eigenvalue weighted by Crippen LogP contribution is 2.25. The van der Waals surface area contributed by atoms with Crippen molar-refractivity contribution in [2.45, 2.75) is 32.1 Å². The maximum atomic E-state index is 11.9. The summed E-state index contributed by atoms with van der Waals surface area (Å²) >= 11 is -1.86. The van der Waals surface area contributed by atoms with Crippen LogP contribution in [0.25, 0.3) is 0 Å². The number of benzene rings is 1. The van der Waals surface area contributed by atoms with E-state index < -0.39 is 11.1 Å². The van der Waals surface area contributed by atoms with Crippen LogP contribution >= 0.6 is 0 Å². The predicted octanol–water partition coefficient (Wildman–Crippen LogP) is 1.95. The number of hydrogen-bond donors (Lipinski definition) is 1. The maximum Gasteiger partial charge on any atom is 0.223 e. The second kappa shape index (κ2) is 5.84. The first-order chi connectivity index (χ1) is 8.97. The van der Waals surface area contributed by atoms with Gasteiger partial charge >= 0.3 is 0 Å². The summed E-state index contributed by atoms with van der Waals surface area (Å²) in [6.07, 6.45) is 0.374. The van der Waals surface area contributed by atoms with Crippen LogP contribution in [0.1, 0.15) is 24.5 Å². The van der Waals surface area contributed by atoms with E-state index >= 15 is 0 Å². The first-order valence-corrected chi connectivity index (χ1v) is 7.57. The van der Waals surface area contributed by atoms with Gasteiger partial charge in [-0.15, -0.1) is 0 Å². The van der Waals surface area contributed by atoms with Crippen molar-refractivity contribution in [3.8, 4) is 0 Å². The molecule has 1 saturated heterocycles. The van der Waals surface area contributed by atoms with Crippen LogP contribution in [0.2, 0.25) is 0 Å². The molecule has 1 aliphatic rings. The van der Waals surface area contributed by atoms with Gasteiger partial charge in [-0.2, -0.15) is 0 Å². The molecule has 1 aromatic carbocycles. The van der Waals surface area contributed by atoms with Crippen LogP contribution in [0.4, 0.5) is 0 Å². The lowest BCUT2D eigenvalue weighted by atomic mass is 10.1. The van der Waals surface area contributed by atoms with E-state index in [-0.39, 0.29) is 17.1 Å². The van der Waals surface area contributed by atoms with Crippen molar-refractivity contribution >= 4 is 17.0 Å². The van der Waals surface area contributed by atoms with Crippen molar-refractivity contribution in [1.29, 1.82) is 0 Å². The summed E-state index contributed by atoms with van der Waals surface area (Å²) in [5.74, 6) is 0.0478. The van der Waals surface area contributed by atoms with Crippen LogP contribution in [-0.2, 0) is 22.4 Å². The van der Waals surface area contributed by atoms with Gasteiger partial charge in [-0.05, 0) is 19.4 Å². The van der Waals surface area contributed by atoms with Crippen molar-refractivity contribution in [3.63, 3.8) is 0 Å². The van der Waals surface area contributed by atoms with Gasteiger partial charge in [-0.1, -0.05) is 29.8 Å². The predicted molar refractivity (Wildman–Crippen MR) is 74.9 cm³/mol. The zero-order chi connectivity index (χ0) is 14.0. The lowest BCUT2D eigenvalue weighted by molar-refractivity contribution is -0.128. The molecule has 1 aliphatic heterocycles. The number of likely N-dealkylation sites (tertiary alicyclic amines) is 1. The van der Waals surface area contributed by atoms with E-state index in [0.717, 1.165) is 5.56 Å². The molecule has 0 saturated carbocycles. The average molecular weight is 281 g/mol. The summed E-state index contributed by atoms with van der Waals surface area (Å²) in [4.78, 5) is 13.7. The Bertz CT molecular complexity index is 486. The van der Waals surface area contributed by atoms with Gasteiger partial charge < -0.3 is 9.45 Å². The third-order valence-electron chi connectivity index (χ3n) is 3.72. The molecule has 1 heterocycles. The highest BCUT2D eigenvalue weighted by Gasteiger charge is 2.35. The number of amides is 1. The molecule has 0 aromatic heterocycles. The Morgan fingerprint density at radius 1 is 1.42 bits per heavy atom. The van der Waals surface area contributed by atoms with Gasteiger partial charge in [0.2, 0.25) is 5.91 Å². The van der Waals surface area contributed by atoms with Gasteiger partial charge in [0.15, 0.2) is 11.1 Å². The summed E-state index contributed by atoms with van der Waals surface area (Å²) in [6.45, 7) is 4.91. The zero-order valence-corrected chi connectivity index (χ0v) is 12.0. The van der Waals surface area contributed by atoms with Crippen molar-refractivity contribution in [2.75, 3.05) is 6.54 Å². The van der Waals surface area contributed by atoms with Crippen LogP contribution < -0.4 is 0 Å². The van der Waals surface area contributed by atoms with E-state index in [2.05, 4.69) is 0 Å². The minimum atomic E-state index is -1.86. The fourth-order valence-electron chi connectivity index (χ4n) is 2.35. The van der Waals surface area contributed by atoms with Crippen LogP contribution in [-0.4, -0.2) is 31.4 Å². The third kappa shape index (κ3) is 3.42. The van der Waals surface area contributed by atoms with E-state index in [1.807, 2.05) is 31.2 Å². The van der Waals surface area contributed by atoms with Crippen molar-refractivity contribution in [3.05, 3.63) is 35.4 Å². The first kappa shape index (κ1) is 14.2. The van der Waals surface area contributed by atoms with Gasteiger partial charge in [0.25, 0.3) is 0 Å². The minimum Gasteiger partial charge on any atom is -0.338 e. The first-order valence-electron chi connectivity index (χ1n) is 6.40. The van der Waals surface area contributed by atoms with Crippen molar-refractivity contribution in [1.82, 2.24) is 4.90 Å². The topological polar surface area (TPSA) is 57.6 Å². The van der Waals surface area contributed by atoms with E-state index in [1.165, 1.54) is 5.56 Å². The molecule has 1 aromatic rings. The molecular formula is C14H19NO3S. The maximum absolute atomic E-state index is 11.9. The fourth-order valence-corrected chi connectivity index (χ4v) is 2.86. The molecule has 0 aliphatic carbocycles. The van der Waals surface area contributed by atoms with Crippen LogP contribution in [0.5, 0.6) is 0 Å². The normalized spacial score (nSPS) is 22.6. The van der Waals surface area contributed by atoms with Gasteiger partial charge in [0.05, 0.1) is 5.25 Å². The summed E-state index contributed by atoms with van der Waals surface area (Å²) in [6, 6.07) is 8.09. The zero-order valence-electron chi connectivity index (χ0n) is 11.2.